The molecule has 2 aliphatic rings. The minimum Gasteiger partial charge on any atom is -0.457 e. The van der Waals surface area contributed by atoms with Gasteiger partial charge in [0.05, 0.1) is 5.57 Å². The van der Waals surface area contributed by atoms with Crippen molar-refractivity contribution < 1.29 is 14.0 Å². The number of nitrogens with one attached hydrogen (secondary N) is 1. The fraction of sp³-hybridized carbons (Fsp3) is 0.0556. The molecule has 0 radical (unpaired) electrons. The number of carbonyl (C=O) groups is 1. The SMILES string of the molecule is CC1=CC2=NC(=O)C(=Cc3ccc(-c4ccccc4)o3)C(=N)N2O1. The summed E-state index contributed by atoms with van der Waals surface area (Å²) >= 11 is 0. The molecule has 0 spiro atoms. The Morgan fingerprint density at radius 1 is 1.17 bits per heavy atom. The number of hydrogen-bond donors (Lipinski definition) is 1. The van der Waals surface area contributed by atoms with Gasteiger partial charge in [0.25, 0.3) is 5.91 Å². The van der Waals surface area contributed by atoms with Crippen LogP contribution in [0.4, 0.5) is 0 Å². The van der Waals surface area contributed by atoms with E-state index in [4.69, 9.17) is 14.7 Å². The zero-order valence-electron chi connectivity index (χ0n) is 12.8. The number of amides is 1. The lowest BCUT2D eigenvalue weighted by Gasteiger charge is -2.22. The Bertz CT molecular complexity index is 935. The molecule has 0 atom stereocenters. The van der Waals surface area contributed by atoms with E-state index in [1.54, 1.807) is 19.1 Å². The summed E-state index contributed by atoms with van der Waals surface area (Å²) in [5.41, 5.74) is 1.06. The van der Waals surface area contributed by atoms with Gasteiger partial charge in [-0.05, 0) is 25.1 Å². The minimum atomic E-state index is -0.488. The summed E-state index contributed by atoms with van der Waals surface area (Å²) in [6, 6.07) is 13.2. The van der Waals surface area contributed by atoms with E-state index in [9.17, 15) is 4.79 Å². The lowest BCUT2D eigenvalue weighted by Crippen LogP contribution is -2.38. The number of hydrogen-bond acceptors (Lipinski definition) is 4. The summed E-state index contributed by atoms with van der Waals surface area (Å²) in [7, 11) is 0. The van der Waals surface area contributed by atoms with Gasteiger partial charge in [0, 0.05) is 11.6 Å². The summed E-state index contributed by atoms with van der Waals surface area (Å²) in [4.78, 5) is 21.5. The third-order valence-corrected chi connectivity index (χ3v) is 3.65. The Hall–Kier alpha value is -3.41. The molecule has 0 saturated heterocycles. The third-order valence-electron chi connectivity index (χ3n) is 3.65. The van der Waals surface area contributed by atoms with Crippen molar-refractivity contribution in [3.63, 3.8) is 0 Å². The van der Waals surface area contributed by atoms with Gasteiger partial charge in [0.1, 0.15) is 17.3 Å². The van der Waals surface area contributed by atoms with Crippen molar-refractivity contribution in [1.82, 2.24) is 5.06 Å². The number of amidine groups is 2. The molecular formula is C18H13N3O3. The van der Waals surface area contributed by atoms with E-state index in [1.165, 1.54) is 11.1 Å². The highest BCUT2D eigenvalue weighted by atomic mass is 16.7. The Balaban J connectivity index is 1.66. The summed E-state index contributed by atoms with van der Waals surface area (Å²) in [6.07, 6.45) is 3.12. The molecule has 3 heterocycles. The van der Waals surface area contributed by atoms with Crippen molar-refractivity contribution >= 4 is 23.7 Å². The maximum absolute atomic E-state index is 12.2. The summed E-state index contributed by atoms with van der Waals surface area (Å²) < 4.78 is 5.76. The quantitative estimate of drug-likeness (QED) is 0.860. The van der Waals surface area contributed by atoms with Crippen molar-refractivity contribution in [3.8, 4) is 11.3 Å². The van der Waals surface area contributed by atoms with Crippen LogP contribution in [0.5, 0.6) is 0 Å². The zero-order chi connectivity index (χ0) is 16.7. The number of hydroxylamine groups is 2. The number of fused-ring (bicyclic) bond motifs is 1. The maximum atomic E-state index is 12.2. The number of furan rings is 1. The number of carbonyl (C=O) groups excluding carboxylic acids is 1. The Kier molecular flexibility index (Phi) is 3.16. The van der Waals surface area contributed by atoms with Gasteiger partial charge in [-0.3, -0.25) is 10.2 Å². The van der Waals surface area contributed by atoms with Gasteiger partial charge in [0.2, 0.25) is 0 Å². The highest BCUT2D eigenvalue weighted by Crippen LogP contribution is 2.26. The van der Waals surface area contributed by atoms with Crippen molar-refractivity contribution in [1.29, 1.82) is 5.41 Å². The van der Waals surface area contributed by atoms with Crippen LogP contribution in [0.25, 0.3) is 17.4 Å². The second kappa shape index (κ2) is 5.34. The molecule has 0 saturated carbocycles. The summed E-state index contributed by atoms with van der Waals surface area (Å²) in [6.45, 7) is 1.74. The lowest BCUT2D eigenvalue weighted by molar-refractivity contribution is -0.114. The van der Waals surface area contributed by atoms with E-state index >= 15 is 0 Å². The van der Waals surface area contributed by atoms with Crippen LogP contribution in [0, 0.1) is 5.41 Å². The van der Waals surface area contributed by atoms with Crippen LogP contribution in [0.1, 0.15) is 12.7 Å². The lowest BCUT2D eigenvalue weighted by atomic mass is 10.1. The molecule has 24 heavy (non-hydrogen) atoms. The Labute approximate surface area is 137 Å². The number of nitrogens with zero attached hydrogens (tertiary/aromatic N) is 2. The smallest absolute Gasteiger partial charge is 0.283 e. The van der Waals surface area contributed by atoms with Crippen molar-refractivity contribution in [2.24, 2.45) is 4.99 Å². The average Bonchev–Trinajstić information content (AvgIpc) is 3.19. The van der Waals surface area contributed by atoms with E-state index < -0.39 is 5.91 Å². The fourth-order valence-electron chi connectivity index (χ4n) is 2.53. The number of benzene rings is 1. The molecular weight excluding hydrogens is 306 g/mol. The molecule has 6 heteroatoms. The number of aliphatic imine (C=N–C) groups is 1. The normalized spacial score (nSPS) is 18.4. The molecule has 0 bridgehead atoms. The van der Waals surface area contributed by atoms with E-state index in [0.29, 0.717) is 23.1 Å². The van der Waals surface area contributed by atoms with Crippen LogP contribution in [0.2, 0.25) is 0 Å². The van der Waals surface area contributed by atoms with Crippen LogP contribution >= 0.6 is 0 Å². The Morgan fingerprint density at radius 3 is 2.75 bits per heavy atom. The van der Waals surface area contributed by atoms with Gasteiger partial charge in [-0.2, -0.15) is 4.99 Å². The molecule has 0 fully saturated rings. The van der Waals surface area contributed by atoms with Crippen LogP contribution in [-0.2, 0) is 9.63 Å². The molecule has 2 aromatic rings. The summed E-state index contributed by atoms with van der Waals surface area (Å²) in [5.74, 6) is 1.52. The molecule has 1 aromatic carbocycles. The van der Waals surface area contributed by atoms with E-state index in [2.05, 4.69) is 4.99 Å². The van der Waals surface area contributed by atoms with Gasteiger partial charge in [-0.1, -0.05) is 30.3 Å². The summed E-state index contributed by atoms with van der Waals surface area (Å²) in [5, 5.41) is 9.40. The largest absolute Gasteiger partial charge is 0.457 e. The fourth-order valence-corrected chi connectivity index (χ4v) is 2.53. The van der Waals surface area contributed by atoms with E-state index in [0.717, 1.165) is 5.56 Å². The number of allylic oxidation sites excluding steroid dienone is 1. The van der Waals surface area contributed by atoms with E-state index in [-0.39, 0.29) is 11.4 Å². The second-order valence-electron chi connectivity index (χ2n) is 5.39. The third kappa shape index (κ3) is 2.34. The van der Waals surface area contributed by atoms with Crippen LogP contribution in [0.3, 0.4) is 0 Å². The second-order valence-corrected chi connectivity index (χ2v) is 5.39. The van der Waals surface area contributed by atoms with Crippen molar-refractivity contribution in [2.45, 2.75) is 6.92 Å². The zero-order valence-corrected chi connectivity index (χ0v) is 12.8. The van der Waals surface area contributed by atoms with Crippen LogP contribution in [0.15, 0.2) is 69.3 Å². The van der Waals surface area contributed by atoms with E-state index in [1.807, 2.05) is 36.4 Å². The van der Waals surface area contributed by atoms with Gasteiger partial charge in [-0.15, -0.1) is 5.06 Å². The molecule has 1 amide bonds. The minimum absolute atomic E-state index is 0.0595. The van der Waals surface area contributed by atoms with Gasteiger partial charge in [-0.25, -0.2) is 0 Å². The molecule has 6 nitrogen and oxygen atoms in total. The molecule has 0 unspecified atom stereocenters. The van der Waals surface area contributed by atoms with Gasteiger partial charge in [0.15, 0.2) is 11.7 Å². The number of rotatable bonds is 2. The van der Waals surface area contributed by atoms with Gasteiger partial charge < -0.3 is 9.25 Å². The maximum Gasteiger partial charge on any atom is 0.283 e. The van der Waals surface area contributed by atoms with Crippen molar-refractivity contribution in [2.75, 3.05) is 0 Å². The first kappa shape index (κ1) is 14.2. The monoisotopic (exact) mass is 319 g/mol. The topological polar surface area (TPSA) is 78.9 Å². The highest BCUT2D eigenvalue weighted by molar-refractivity contribution is 6.32. The molecule has 1 N–H and O–H groups in total. The first-order valence-corrected chi connectivity index (χ1v) is 7.37. The molecule has 118 valence electrons. The Morgan fingerprint density at radius 2 is 1.96 bits per heavy atom. The predicted molar refractivity (Wildman–Crippen MR) is 89.0 cm³/mol. The molecule has 4 rings (SSSR count). The molecule has 1 aromatic heterocycles. The van der Waals surface area contributed by atoms with Crippen molar-refractivity contribution in [3.05, 3.63) is 65.6 Å². The van der Waals surface area contributed by atoms with Crippen LogP contribution < -0.4 is 0 Å². The average molecular weight is 319 g/mol. The standard InChI is InChI=1S/C18H13N3O3/c1-11-9-16-20-18(22)14(17(19)21(16)24-11)10-13-7-8-15(23-13)12-5-3-2-4-6-12/h2-10,19H,1H3. The first-order chi connectivity index (χ1) is 11.6. The predicted octanol–water partition coefficient (Wildman–Crippen LogP) is 3.40. The van der Waals surface area contributed by atoms with Crippen LogP contribution in [-0.4, -0.2) is 22.6 Å². The molecule has 2 aliphatic heterocycles. The van der Waals surface area contributed by atoms with Gasteiger partial charge >= 0.3 is 0 Å². The molecule has 0 aliphatic carbocycles. The highest BCUT2D eigenvalue weighted by Gasteiger charge is 2.34. The first-order valence-electron chi connectivity index (χ1n) is 7.37.